The van der Waals surface area contributed by atoms with E-state index in [0.29, 0.717) is 41.1 Å². The second-order valence-electron chi connectivity index (χ2n) is 13.2. The van der Waals surface area contributed by atoms with Gasteiger partial charge in [-0.15, -0.1) is 0 Å². The molecule has 13 atom stereocenters. The Morgan fingerprint density at radius 1 is 0.839 bits per heavy atom. The summed E-state index contributed by atoms with van der Waals surface area (Å²) in [6.45, 7) is 10.6. The Labute approximate surface area is 188 Å². The van der Waals surface area contributed by atoms with Gasteiger partial charge in [0.25, 0.3) is 0 Å². The lowest BCUT2D eigenvalue weighted by Crippen LogP contribution is -2.57. The van der Waals surface area contributed by atoms with Crippen LogP contribution in [0.1, 0.15) is 85.5 Å². The van der Waals surface area contributed by atoms with Gasteiger partial charge in [-0.05, 0) is 97.7 Å². The smallest absolute Gasteiger partial charge is 0.171 e. The molecule has 4 aliphatic carbocycles. The first-order valence-corrected chi connectivity index (χ1v) is 13.4. The predicted octanol–water partition coefficient (Wildman–Crippen LogP) is 4.76. The van der Waals surface area contributed by atoms with Crippen molar-refractivity contribution in [2.45, 2.75) is 110 Å². The third-order valence-corrected chi connectivity index (χ3v) is 12.0. The summed E-state index contributed by atoms with van der Waals surface area (Å²) in [6, 6.07) is 0. The molecular formula is C27H44O4. The second-order valence-corrected chi connectivity index (χ2v) is 13.2. The Morgan fingerprint density at radius 3 is 2.39 bits per heavy atom. The Morgan fingerprint density at radius 2 is 1.65 bits per heavy atom. The zero-order valence-corrected chi connectivity index (χ0v) is 20.1. The van der Waals surface area contributed by atoms with Crippen LogP contribution in [0.25, 0.3) is 0 Å². The maximum atomic E-state index is 10.6. The molecule has 1 spiro atoms. The van der Waals surface area contributed by atoms with Gasteiger partial charge < -0.3 is 19.7 Å². The van der Waals surface area contributed by atoms with E-state index in [1.54, 1.807) is 0 Å². The van der Waals surface area contributed by atoms with Crippen molar-refractivity contribution in [3.63, 3.8) is 0 Å². The molecule has 2 aliphatic heterocycles. The summed E-state index contributed by atoms with van der Waals surface area (Å²) in [7, 11) is 0. The van der Waals surface area contributed by atoms with Crippen molar-refractivity contribution in [2.24, 2.45) is 52.3 Å². The van der Waals surface area contributed by atoms with Gasteiger partial charge in [0.05, 0.1) is 24.9 Å². The van der Waals surface area contributed by atoms with E-state index in [0.717, 1.165) is 37.7 Å². The largest absolute Gasteiger partial charge is 0.390 e. The molecule has 0 bridgehead atoms. The molecule has 6 aliphatic rings. The van der Waals surface area contributed by atoms with E-state index in [1.807, 2.05) is 0 Å². The van der Waals surface area contributed by atoms with Crippen LogP contribution >= 0.6 is 0 Å². The quantitative estimate of drug-likeness (QED) is 0.579. The van der Waals surface area contributed by atoms with E-state index in [1.165, 1.54) is 38.5 Å². The van der Waals surface area contributed by atoms with Gasteiger partial charge in [0.1, 0.15) is 0 Å². The van der Waals surface area contributed by atoms with E-state index in [4.69, 9.17) is 9.47 Å². The minimum Gasteiger partial charge on any atom is -0.390 e. The summed E-state index contributed by atoms with van der Waals surface area (Å²) >= 11 is 0. The number of aliphatic hydroxyl groups excluding tert-OH is 2. The Kier molecular flexibility index (Phi) is 4.78. The van der Waals surface area contributed by atoms with Gasteiger partial charge in [-0.1, -0.05) is 27.7 Å². The highest BCUT2D eigenvalue weighted by Gasteiger charge is 2.69. The summed E-state index contributed by atoms with van der Waals surface area (Å²) in [5.41, 5.74) is 0.550. The summed E-state index contributed by atoms with van der Waals surface area (Å²) in [5, 5.41) is 20.9. The van der Waals surface area contributed by atoms with Crippen molar-refractivity contribution in [2.75, 3.05) is 6.61 Å². The van der Waals surface area contributed by atoms with Crippen LogP contribution in [0.2, 0.25) is 0 Å². The highest BCUT2D eigenvalue weighted by atomic mass is 16.7. The van der Waals surface area contributed by atoms with Crippen LogP contribution < -0.4 is 0 Å². The van der Waals surface area contributed by atoms with Crippen LogP contribution in [-0.2, 0) is 9.47 Å². The summed E-state index contributed by atoms with van der Waals surface area (Å²) < 4.78 is 13.3. The van der Waals surface area contributed by atoms with Gasteiger partial charge in [0.2, 0.25) is 0 Å². The molecule has 2 N–H and O–H groups in total. The van der Waals surface area contributed by atoms with E-state index in [-0.39, 0.29) is 11.2 Å². The summed E-state index contributed by atoms with van der Waals surface area (Å²) in [6.07, 6.45) is 9.51. The predicted molar refractivity (Wildman–Crippen MR) is 119 cm³/mol. The normalized spacial score (nSPS) is 63.3. The number of aliphatic hydroxyl groups is 2. The monoisotopic (exact) mass is 432 g/mol. The highest BCUT2D eigenvalue weighted by molar-refractivity contribution is 5.15. The van der Waals surface area contributed by atoms with Gasteiger partial charge in [-0.25, -0.2) is 0 Å². The second kappa shape index (κ2) is 6.93. The van der Waals surface area contributed by atoms with E-state index in [9.17, 15) is 10.2 Å². The minimum absolute atomic E-state index is 0.191. The van der Waals surface area contributed by atoms with E-state index < -0.39 is 12.2 Å². The standard InChI is InChI=1S/C27H44O4/c1-15-7-10-27(30-14-15)16(2)24-23(31-27)12-20-18-6-5-17-11-21(28)22(29)13-26(17,4)19(18)8-9-25(20,24)3/h15-24,28-29H,5-14H2,1-4H3/t15-,16+,17+,18-,19+,20+,21-,22-,23+,24+,25-,26-,27+/m1/s1. The maximum Gasteiger partial charge on any atom is 0.171 e. The van der Waals surface area contributed by atoms with Gasteiger partial charge in [0.15, 0.2) is 5.79 Å². The first kappa shape index (κ1) is 21.4. The maximum absolute atomic E-state index is 10.6. The topological polar surface area (TPSA) is 58.9 Å². The molecule has 0 aromatic rings. The molecule has 2 heterocycles. The zero-order valence-electron chi connectivity index (χ0n) is 20.1. The molecular weight excluding hydrogens is 388 g/mol. The number of hydrogen-bond acceptors (Lipinski definition) is 4. The van der Waals surface area contributed by atoms with Crippen LogP contribution in [0, 0.1) is 52.3 Å². The molecule has 0 aromatic heterocycles. The molecule has 2 saturated heterocycles. The number of rotatable bonds is 0. The SMILES string of the molecule is C[C@@H]1CC[C@]2(OC1)O[C@H]1C[C@H]3[C@@H]4CC[C@H]5C[C@@H](O)[C@H](O)C[C@@]5(C)[C@H]4CC[C@@]3(C)[C@H]1[C@@H]2C. The van der Waals surface area contributed by atoms with Gasteiger partial charge in [-0.2, -0.15) is 0 Å². The zero-order chi connectivity index (χ0) is 21.8. The molecule has 31 heavy (non-hydrogen) atoms. The molecule has 0 amide bonds. The fourth-order valence-electron chi connectivity index (χ4n) is 10.3. The van der Waals surface area contributed by atoms with Crippen LogP contribution in [0.3, 0.4) is 0 Å². The van der Waals surface area contributed by atoms with Crippen LogP contribution in [0.4, 0.5) is 0 Å². The lowest BCUT2D eigenvalue weighted by molar-refractivity contribution is -0.273. The van der Waals surface area contributed by atoms with Crippen molar-refractivity contribution < 1.29 is 19.7 Å². The third kappa shape index (κ3) is 2.80. The molecule has 176 valence electrons. The van der Waals surface area contributed by atoms with Crippen molar-refractivity contribution in [1.29, 1.82) is 0 Å². The molecule has 4 heteroatoms. The number of fused-ring (bicyclic) bond motifs is 7. The van der Waals surface area contributed by atoms with E-state index >= 15 is 0 Å². The van der Waals surface area contributed by atoms with Crippen molar-refractivity contribution in [3.8, 4) is 0 Å². The summed E-state index contributed by atoms with van der Waals surface area (Å²) in [5.74, 6) is 4.21. The molecule has 0 radical (unpaired) electrons. The number of ether oxygens (including phenoxy) is 2. The van der Waals surface area contributed by atoms with Gasteiger partial charge >= 0.3 is 0 Å². The Bertz CT molecular complexity index is 716. The van der Waals surface area contributed by atoms with Crippen molar-refractivity contribution >= 4 is 0 Å². The fourth-order valence-corrected chi connectivity index (χ4v) is 10.3. The first-order chi connectivity index (χ1) is 14.7. The average Bonchev–Trinajstić information content (AvgIpc) is 3.16. The van der Waals surface area contributed by atoms with Crippen molar-refractivity contribution in [1.82, 2.24) is 0 Å². The third-order valence-electron chi connectivity index (χ3n) is 12.0. The lowest BCUT2D eigenvalue weighted by atomic mass is 9.44. The Hall–Kier alpha value is -0.160. The molecule has 0 aromatic carbocycles. The van der Waals surface area contributed by atoms with Crippen molar-refractivity contribution in [3.05, 3.63) is 0 Å². The molecule has 4 nitrogen and oxygen atoms in total. The van der Waals surface area contributed by atoms with Crippen LogP contribution in [0.15, 0.2) is 0 Å². The van der Waals surface area contributed by atoms with Gasteiger partial charge in [-0.3, -0.25) is 0 Å². The van der Waals surface area contributed by atoms with E-state index in [2.05, 4.69) is 27.7 Å². The Balaban J connectivity index is 1.26. The molecule has 0 unspecified atom stereocenters. The molecule has 6 fully saturated rings. The first-order valence-electron chi connectivity index (χ1n) is 13.4. The van der Waals surface area contributed by atoms with Crippen LogP contribution in [-0.4, -0.2) is 40.9 Å². The fraction of sp³-hybridized carbons (Fsp3) is 1.00. The molecule has 4 saturated carbocycles. The number of hydrogen-bond donors (Lipinski definition) is 2. The lowest BCUT2D eigenvalue weighted by Gasteiger charge is -2.61. The molecule has 6 rings (SSSR count). The highest BCUT2D eigenvalue weighted by Crippen LogP contribution is 2.71. The average molecular weight is 433 g/mol. The van der Waals surface area contributed by atoms with Crippen LogP contribution in [0.5, 0.6) is 0 Å². The summed E-state index contributed by atoms with van der Waals surface area (Å²) in [4.78, 5) is 0. The van der Waals surface area contributed by atoms with Gasteiger partial charge in [0, 0.05) is 12.3 Å². The minimum atomic E-state index is -0.537.